The number of nitrogens with zero attached hydrogens (tertiary/aromatic N) is 3. The number of alkyl halides is 6. The Morgan fingerprint density at radius 3 is 2.34 bits per heavy atom. The summed E-state index contributed by atoms with van der Waals surface area (Å²) < 4.78 is 5.60. The van der Waals surface area contributed by atoms with Crippen LogP contribution < -0.4 is 4.90 Å². The summed E-state index contributed by atoms with van der Waals surface area (Å²) in [6, 6.07) is 8.18. The number of aromatic nitrogens is 1. The first kappa shape index (κ1) is 26.9. The van der Waals surface area contributed by atoms with Crippen LogP contribution in [0.15, 0.2) is 35.5 Å². The smallest absolute Gasteiger partial charge is 0.204 e. The molecule has 0 amide bonds. The molecule has 0 unspecified atom stereocenters. The van der Waals surface area contributed by atoms with E-state index >= 15 is 0 Å². The maximum atomic E-state index is 13.9. The van der Waals surface area contributed by atoms with Gasteiger partial charge in [0.15, 0.2) is 5.60 Å². The predicted octanol–water partition coefficient (Wildman–Crippen LogP) is 8.00. The number of halogens is 6. The Kier molecular flexibility index (Phi) is 8.37. The molecule has 0 radical (unpaired) electrons. The first-order valence-corrected chi connectivity index (χ1v) is 16.1. The molecule has 0 spiro atoms. The van der Waals surface area contributed by atoms with E-state index < -0.39 is 5.60 Å². The van der Waals surface area contributed by atoms with Crippen molar-refractivity contribution >= 4 is 159 Å². The second kappa shape index (κ2) is 9.96. The number of aryl methyl sites for hydroxylation is 1. The molecule has 32 heavy (non-hydrogen) atoms. The van der Waals surface area contributed by atoms with Crippen molar-refractivity contribution in [2.75, 3.05) is 18.6 Å². The number of ether oxygens (including phenoxy) is 1. The third kappa shape index (κ3) is 4.88. The van der Waals surface area contributed by atoms with E-state index in [9.17, 15) is 4.79 Å². The maximum Gasteiger partial charge on any atom is 0.204 e. The number of benzene rings is 1. The van der Waals surface area contributed by atoms with Crippen molar-refractivity contribution in [1.82, 2.24) is 4.98 Å². The highest BCUT2D eigenvalue weighted by molar-refractivity contribution is 14.3. The van der Waals surface area contributed by atoms with Crippen molar-refractivity contribution in [2.45, 2.75) is 24.2 Å². The van der Waals surface area contributed by atoms with Gasteiger partial charge in [0, 0.05) is 43.2 Å². The normalized spacial score (nSPS) is 20.8. The lowest BCUT2D eigenvalue weighted by Gasteiger charge is -2.34. The van der Waals surface area contributed by atoms with E-state index in [0.29, 0.717) is 24.4 Å². The maximum absolute atomic E-state index is 13.9. The van der Waals surface area contributed by atoms with Gasteiger partial charge < -0.3 is 9.64 Å². The van der Waals surface area contributed by atoms with Gasteiger partial charge in [-0.3, -0.25) is 9.78 Å². The summed E-state index contributed by atoms with van der Waals surface area (Å²) in [7, 11) is 1.62. The number of pyridine rings is 1. The number of ketones is 1. The Morgan fingerprint density at radius 2 is 1.75 bits per heavy atom. The zero-order valence-corrected chi connectivity index (χ0v) is 29.9. The second-order valence-corrected chi connectivity index (χ2v) is 29.6. The number of amidine groups is 1. The summed E-state index contributed by atoms with van der Waals surface area (Å²) in [6.07, 6.45) is 3.24. The fraction of sp³-hybridized carbons (Fsp3) is 0.381. The quantitative estimate of drug-likeness (QED) is 0.225. The molecule has 3 heterocycles. The Morgan fingerprint density at radius 1 is 1.09 bits per heavy atom. The molecule has 1 aromatic heterocycles. The highest BCUT2D eigenvalue weighted by Crippen LogP contribution is 2.57. The number of hydrogen-bond donors (Lipinski definition) is 0. The van der Waals surface area contributed by atoms with Gasteiger partial charge in [-0.05, 0) is 177 Å². The van der Waals surface area contributed by atoms with E-state index in [0.717, 1.165) is 29.1 Å². The number of rotatable bonds is 5. The Bertz CT molecular complexity index is 1130. The summed E-state index contributed by atoms with van der Waals surface area (Å²) in [4.78, 5) is 25.5. The Hall–Kier alpha value is 1.85. The summed E-state index contributed by atoms with van der Waals surface area (Å²) in [5, 5.41) is 0. The van der Waals surface area contributed by atoms with E-state index in [1.54, 1.807) is 7.11 Å². The van der Waals surface area contributed by atoms with E-state index in [1.807, 2.05) is 18.3 Å². The molecule has 2 aromatic rings. The molecule has 11 heteroatoms. The summed E-state index contributed by atoms with van der Waals surface area (Å²) in [5.74, 6) is 0.671. The SMILES string of the molecule is CCc1cc(N2CC[C@@]3(OC)C(=O)c4cc(C(I)(I)I)c(C(I)(I)I)cc4N=C23)ccn1. The van der Waals surface area contributed by atoms with Crippen LogP contribution in [0.3, 0.4) is 0 Å². The molecule has 170 valence electrons. The minimum atomic E-state index is -1.05. The van der Waals surface area contributed by atoms with Gasteiger partial charge in [0.2, 0.25) is 5.78 Å². The molecule has 1 fully saturated rings. The van der Waals surface area contributed by atoms with Crippen molar-refractivity contribution in [2.24, 2.45) is 4.99 Å². The molecular formula is C21H17I6N3O2. The topological polar surface area (TPSA) is 54.8 Å². The number of methoxy groups -OCH3 is 1. The molecule has 2 aliphatic rings. The Labute approximate surface area is 269 Å². The van der Waals surface area contributed by atoms with Gasteiger partial charge in [0.1, 0.15) is 4.71 Å². The van der Waals surface area contributed by atoms with E-state index in [-0.39, 0.29) is 4.65 Å². The number of Topliss-reactive ketones (excluding diaryl/α,β-unsaturated/α-hetero) is 1. The van der Waals surface area contributed by atoms with Gasteiger partial charge in [-0.25, -0.2) is 4.99 Å². The fourth-order valence-corrected chi connectivity index (χ4v) is 6.78. The first-order chi connectivity index (χ1) is 14.9. The zero-order chi connectivity index (χ0) is 23.5. The molecule has 0 aliphatic carbocycles. The predicted molar refractivity (Wildman–Crippen MR) is 181 cm³/mol. The van der Waals surface area contributed by atoms with E-state index in [2.05, 4.69) is 164 Å². The van der Waals surface area contributed by atoms with Crippen molar-refractivity contribution in [3.05, 3.63) is 52.8 Å². The van der Waals surface area contributed by atoms with E-state index in [1.165, 1.54) is 5.56 Å². The van der Waals surface area contributed by atoms with Crippen LogP contribution in [0.1, 0.15) is 40.5 Å². The van der Waals surface area contributed by atoms with Crippen LogP contribution >= 0.6 is 136 Å². The van der Waals surface area contributed by atoms with Crippen LogP contribution in [0.25, 0.3) is 0 Å². The molecule has 1 atom stereocenters. The zero-order valence-electron chi connectivity index (χ0n) is 16.9. The Balaban J connectivity index is 1.94. The summed E-state index contributed by atoms with van der Waals surface area (Å²) in [6.45, 7) is 2.76. The molecule has 2 aliphatic heterocycles. The molecule has 0 N–H and O–H groups in total. The van der Waals surface area contributed by atoms with Gasteiger partial charge in [-0.1, -0.05) is 6.92 Å². The third-order valence-corrected chi connectivity index (χ3v) is 9.20. The van der Waals surface area contributed by atoms with Crippen LogP contribution in [-0.2, 0) is 10.0 Å². The van der Waals surface area contributed by atoms with Gasteiger partial charge >= 0.3 is 0 Å². The van der Waals surface area contributed by atoms with Gasteiger partial charge in [0.05, 0.1) is 5.69 Å². The largest absolute Gasteiger partial charge is 0.362 e. The standard InChI is InChI=1S/C21H17I6N3O2/c1-3-11-8-12(4-6-28-11)30-7-5-19(32-2)17(31)13-9-14(20(22,23)24)15(21(25,26)27)10-16(13)29-18(19)30/h4,6,8-10H,3,5,7H2,1-2H3/t19-/m1/s1. The minimum Gasteiger partial charge on any atom is -0.362 e. The lowest BCUT2D eigenvalue weighted by molar-refractivity contribution is 0.0388. The lowest BCUT2D eigenvalue weighted by atomic mass is 9.86. The van der Waals surface area contributed by atoms with Crippen molar-refractivity contribution in [3.8, 4) is 0 Å². The van der Waals surface area contributed by atoms with Crippen molar-refractivity contribution < 1.29 is 9.53 Å². The molecule has 5 nitrogen and oxygen atoms in total. The molecule has 0 saturated carbocycles. The van der Waals surface area contributed by atoms with Crippen LogP contribution in [0.2, 0.25) is 0 Å². The van der Waals surface area contributed by atoms with Crippen LogP contribution in [-0.4, -0.2) is 35.9 Å². The molecule has 1 aromatic carbocycles. The third-order valence-electron chi connectivity index (χ3n) is 5.71. The summed E-state index contributed by atoms with van der Waals surface area (Å²) in [5.41, 5.74) is 4.62. The monoisotopic (exact) mass is 1100 g/mol. The van der Waals surface area contributed by atoms with Gasteiger partial charge in [-0.15, -0.1) is 0 Å². The lowest BCUT2D eigenvalue weighted by Crippen LogP contribution is -2.50. The minimum absolute atomic E-state index is 0.00510. The van der Waals surface area contributed by atoms with Crippen LogP contribution in [0.4, 0.5) is 11.4 Å². The highest BCUT2D eigenvalue weighted by Gasteiger charge is 2.54. The average Bonchev–Trinajstić information content (AvgIpc) is 3.11. The van der Waals surface area contributed by atoms with Crippen LogP contribution in [0, 0.1) is 0 Å². The first-order valence-electron chi connectivity index (χ1n) is 9.66. The van der Waals surface area contributed by atoms with E-state index in [4.69, 9.17) is 9.73 Å². The number of carbonyl (C=O) groups excluding carboxylic acids is 1. The number of anilines is 1. The highest BCUT2D eigenvalue weighted by atomic mass is 127. The number of carbonyl (C=O) groups is 1. The number of fused-ring (bicyclic) bond motifs is 2. The van der Waals surface area contributed by atoms with Gasteiger partial charge in [0.25, 0.3) is 0 Å². The van der Waals surface area contributed by atoms with Crippen molar-refractivity contribution in [3.63, 3.8) is 0 Å². The number of hydrogen-bond acceptors (Lipinski definition) is 5. The van der Waals surface area contributed by atoms with Gasteiger partial charge in [-0.2, -0.15) is 0 Å². The number of aliphatic imine (C=N–C) groups is 1. The molecule has 1 saturated heterocycles. The molecule has 4 rings (SSSR count). The second-order valence-electron chi connectivity index (χ2n) is 7.47. The fourth-order valence-electron chi connectivity index (χ4n) is 4.10. The summed E-state index contributed by atoms with van der Waals surface area (Å²) >= 11 is 14.6. The van der Waals surface area contributed by atoms with Crippen molar-refractivity contribution in [1.29, 1.82) is 0 Å². The van der Waals surface area contributed by atoms with Crippen LogP contribution in [0.5, 0.6) is 0 Å². The average molecular weight is 1100 g/mol. The molecule has 0 bridgehead atoms. The molecular weight excluding hydrogens is 1090 g/mol.